The maximum absolute atomic E-state index is 11.6. The molecule has 1 aromatic carbocycles. The summed E-state index contributed by atoms with van der Waals surface area (Å²) in [4.78, 5) is 0. The van der Waals surface area contributed by atoms with Crippen LogP contribution in [0.2, 0.25) is 0 Å². The van der Waals surface area contributed by atoms with E-state index in [-0.39, 0.29) is 6.54 Å². The van der Waals surface area contributed by atoms with Gasteiger partial charge in [-0.15, -0.1) is 0 Å². The Labute approximate surface area is 108 Å². The van der Waals surface area contributed by atoms with Crippen LogP contribution in [0, 0.1) is 0 Å². The predicted octanol–water partition coefficient (Wildman–Crippen LogP) is 0.600. The Bertz CT molecular complexity index is 478. The van der Waals surface area contributed by atoms with Crippen LogP contribution in [0.25, 0.3) is 0 Å². The molecule has 0 heterocycles. The van der Waals surface area contributed by atoms with Crippen molar-refractivity contribution in [3.8, 4) is 11.5 Å². The second-order valence-corrected chi connectivity index (χ2v) is 5.80. The van der Waals surface area contributed by atoms with Crippen molar-refractivity contribution in [2.45, 2.75) is 6.54 Å². The van der Waals surface area contributed by atoms with Gasteiger partial charge in [0.15, 0.2) is 0 Å². The lowest BCUT2D eigenvalue weighted by atomic mass is 10.2. The molecule has 0 aromatic heterocycles. The van der Waals surface area contributed by atoms with E-state index in [0.717, 1.165) is 9.87 Å². The van der Waals surface area contributed by atoms with E-state index in [2.05, 4.69) is 4.72 Å². The van der Waals surface area contributed by atoms with E-state index in [4.69, 9.17) is 9.47 Å². The highest BCUT2D eigenvalue weighted by Crippen LogP contribution is 2.22. The number of rotatable bonds is 6. The van der Waals surface area contributed by atoms with Crippen molar-refractivity contribution in [3.63, 3.8) is 0 Å². The van der Waals surface area contributed by atoms with Crippen molar-refractivity contribution < 1.29 is 17.9 Å². The zero-order valence-corrected chi connectivity index (χ0v) is 11.7. The maximum Gasteiger partial charge on any atom is 0.279 e. The van der Waals surface area contributed by atoms with Crippen LogP contribution >= 0.6 is 0 Å². The summed E-state index contributed by atoms with van der Waals surface area (Å²) >= 11 is 0. The molecule has 0 radical (unpaired) electrons. The minimum Gasteiger partial charge on any atom is -0.497 e. The van der Waals surface area contributed by atoms with Crippen LogP contribution in [0.15, 0.2) is 18.2 Å². The summed E-state index contributed by atoms with van der Waals surface area (Å²) in [7, 11) is 2.59. The molecule has 0 aliphatic carbocycles. The molecule has 102 valence electrons. The molecule has 0 fully saturated rings. The van der Waals surface area contributed by atoms with E-state index in [0.29, 0.717) is 11.5 Å². The van der Waals surface area contributed by atoms with Crippen molar-refractivity contribution in [3.05, 3.63) is 23.8 Å². The van der Waals surface area contributed by atoms with Crippen molar-refractivity contribution in [2.24, 2.45) is 0 Å². The number of methoxy groups -OCH3 is 2. The van der Waals surface area contributed by atoms with E-state index in [9.17, 15) is 8.42 Å². The van der Waals surface area contributed by atoms with Gasteiger partial charge in [0.2, 0.25) is 0 Å². The summed E-state index contributed by atoms with van der Waals surface area (Å²) in [6, 6.07) is 5.23. The van der Waals surface area contributed by atoms with E-state index < -0.39 is 10.2 Å². The fourth-order valence-electron chi connectivity index (χ4n) is 1.27. The Morgan fingerprint density at radius 1 is 1.11 bits per heavy atom. The van der Waals surface area contributed by atoms with Crippen LogP contribution < -0.4 is 14.2 Å². The van der Waals surface area contributed by atoms with Gasteiger partial charge >= 0.3 is 0 Å². The average molecular weight is 274 g/mol. The largest absolute Gasteiger partial charge is 0.497 e. The Kier molecular flexibility index (Phi) is 4.94. The standard InChI is InChI=1S/C11H18N2O4S/c1-13(2)18(14,15)12-8-9-5-10(16-3)7-11(6-9)17-4/h5-7,12H,8H2,1-4H3. The molecule has 1 N–H and O–H groups in total. The molecule has 7 heteroatoms. The monoisotopic (exact) mass is 274 g/mol. The van der Waals surface area contributed by atoms with Crippen LogP contribution in [0.4, 0.5) is 0 Å². The second-order valence-electron chi connectivity index (χ2n) is 3.83. The third kappa shape index (κ3) is 3.86. The van der Waals surface area contributed by atoms with Gasteiger partial charge in [0, 0.05) is 26.7 Å². The number of nitrogens with one attached hydrogen (secondary N) is 1. The van der Waals surface area contributed by atoms with Gasteiger partial charge in [0.05, 0.1) is 14.2 Å². The van der Waals surface area contributed by atoms with Gasteiger partial charge in [-0.2, -0.15) is 17.4 Å². The molecule has 1 rings (SSSR count). The minimum absolute atomic E-state index is 0.175. The van der Waals surface area contributed by atoms with E-state index in [1.54, 1.807) is 32.4 Å². The molecule has 1 aromatic rings. The first-order chi connectivity index (χ1) is 8.39. The van der Waals surface area contributed by atoms with Crippen LogP contribution in [0.5, 0.6) is 11.5 Å². The summed E-state index contributed by atoms with van der Waals surface area (Å²) in [5.41, 5.74) is 0.761. The Hall–Kier alpha value is -1.31. The van der Waals surface area contributed by atoms with Crippen LogP contribution in [-0.2, 0) is 16.8 Å². The van der Waals surface area contributed by atoms with Gasteiger partial charge in [-0.25, -0.2) is 0 Å². The third-order valence-corrected chi connectivity index (χ3v) is 3.82. The van der Waals surface area contributed by atoms with E-state index in [1.807, 2.05) is 0 Å². The van der Waals surface area contributed by atoms with E-state index in [1.165, 1.54) is 14.1 Å². The number of hydrogen-bond donors (Lipinski definition) is 1. The zero-order chi connectivity index (χ0) is 13.8. The lowest BCUT2D eigenvalue weighted by Gasteiger charge is -2.13. The summed E-state index contributed by atoms with van der Waals surface area (Å²) in [5.74, 6) is 1.24. The molecular formula is C11H18N2O4S. The molecular weight excluding hydrogens is 256 g/mol. The SMILES string of the molecule is COc1cc(CNS(=O)(=O)N(C)C)cc(OC)c1. The molecule has 0 aliphatic heterocycles. The summed E-state index contributed by atoms with van der Waals surface area (Å²) in [6.07, 6.45) is 0. The highest BCUT2D eigenvalue weighted by molar-refractivity contribution is 7.87. The van der Waals surface area contributed by atoms with Crippen molar-refractivity contribution in [2.75, 3.05) is 28.3 Å². The average Bonchev–Trinajstić information content (AvgIpc) is 2.35. The van der Waals surface area contributed by atoms with Gasteiger partial charge in [0.1, 0.15) is 11.5 Å². The summed E-state index contributed by atoms with van der Waals surface area (Å²) < 4.78 is 36.9. The molecule has 18 heavy (non-hydrogen) atoms. The van der Waals surface area contributed by atoms with Crippen LogP contribution in [0.3, 0.4) is 0 Å². The van der Waals surface area contributed by atoms with Gasteiger partial charge in [0.25, 0.3) is 10.2 Å². The summed E-state index contributed by atoms with van der Waals surface area (Å²) in [5, 5.41) is 0. The van der Waals surface area contributed by atoms with Gasteiger partial charge < -0.3 is 9.47 Å². The first-order valence-corrected chi connectivity index (χ1v) is 6.72. The fourth-order valence-corrected chi connectivity index (χ4v) is 1.88. The lowest BCUT2D eigenvalue weighted by molar-refractivity contribution is 0.393. The highest BCUT2D eigenvalue weighted by atomic mass is 32.2. The number of ether oxygens (including phenoxy) is 2. The highest BCUT2D eigenvalue weighted by Gasteiger charge is 2.12. The Morgan fingerprint density at radius 2 is 1.61 bits per heavy atom. The van der Waals surface area contributed by atoms with Crippen LogP contribution in [0.1, 0.15) is 5.56 Å². The normalized spacial score (nSPS) is 11.6. The first kappa shape index (κ1) is 14.7. The predicted molar refractivity (Wildman–Crippen MR) is 69.0 cm³/mol. The molecule has 0 bridgehead atoms. The molecule has 0 saturated carbocycles. The van der Waals surface area contributed by atoms with E-state index >= 15 is 0 Å². The van der Waals surface area contributed by atoms with Gasteiger partial charge in [-0.3, -0.25) is 0 Å². The maximum atomic E-state index is 11.6. The van der Waals surface area contributed by atoms with Crippen molar-refractivity contribution >= 4 is 10.2 Å². The summed E-state index contributed by atoms with van der Waals surface area (Å²) in [6.45, 7) is 0.175. The molecule has 0 amide bonds. The fraction of sp³-hybridized carbons (Fsp3) is 0.455. The zero-order valence-electron chi connectivity index (χ0n) is 10.9. The molecule has 6 nitrogen and oxygen atoms in total. The first-order valence-electron chi connectivity index (χ1n) is 5.28. The third-order valence-electron chi connectivity index (χ3n) is 2.35. The number of nitrogens with zero attached hydrogens (tertiary/aromatic N) is 1. The molecule has 0 aliphatic rings. The smallest absolute Gasteiger partial charge is 0.279 e. The van der Waals surface area contributed by atoms with Gasteiger partial charge in [-0.05, 0) is 17.7 Å². The number of benzene rings is 1. The van der Waals surface area contributed by atoms with Crippen LogP contribution in [-0.4, -0.2) is 41.0 Å². The minimum atomic E-state index is -3.43. The molecule has 0 spiro atoms. The number of hydrogen-bond acceptors (Lipinski definition) is 4. The van der Waals surface area contributed by atoms with Gasteiger partial charge in [-0.1, -0.05) is 0 Å². The molecule has 0 atom stereocenters. The molecule has 0 unspecified atom stereocenters. The molecule has 0 saturated heterocycles. The van der Waals surface area contributed by atoms with Crippen molar-refractivity contribution in [1.29, 1.82) is 0 Å². The lowest BCUT2D eigenvalue weighted by Crippen LogP contribution is -2.35. The topological polar surface area (TPSA) is 67.9 Å². The Balaban J connectivity index is 2.85. The second kappa shape index (κ2) is 6.03. The quantitative estimate of drug-likeness (QED) is 0.825. The Morgan fingerprint density at radius 3 is 2.00 bits per heavy atom. The van der Waals surface area contributed by atoms with Crippen molar-refractivity contribution in [1.82, 2.24) is 9.03 Å².